The molecule has 12 heavy (non-hydrogen) atoms. The Morgan fingerprint density at radius 2 is 1.67 bits per heavy atom. The SMILES string of the molecule is CC1=C(C)CC(C(C)(C)C)CC1. The summed E-state index contributed by atoms with van der Waals surface area (Å²) >= 11 is 0. The largest absolute Gasteiger partial charge is 0.0744 e. The van der Waals surface area contributed by atoms with Crippen LogP contribution in [0.4, 0.5) is 0 Å². The van der Waals surface area contributed by atoms with E-state index in [1.54, 1.807) is 11.1 Å². The second-order valence-electron chi connectivity index (χ2n) is 5.37. The lowest BCUT2D eigenvalue weighted by molar-refractivity contribution is 0.215. The monoisotopic (exact) mass is 166 g/mol. The molecule has 1 aliphatic rings. The lowest BCUT2D eigenvalue weighted by atomic mass is 9.71. The predicted molar refractivity (Wildman–Crippen MR) is 55.2 cm³/mol. The zero-order chi connectivity index (χ0) is 9.35. The molecular weight excluding hydrogens is 144 g/mol. The molecule has 0 aromatic carbocycles. The van der Waals surface area contributed by atoms with E-state index < -0.39 is 0 Å². The molecule has 0 heteroatoms. The third-order valence-electron chi connectivity index (χ3n) is 3.37. The van der Waals surface area contributed by atoms with E-state index in [0.717, 1.165) is 5.92 Å². The van der Waals surface area contributed by atoms with Crippen molar-refractivity contribution in [2.75, 3.05) is 0 Å². The molecule has 0 saturated heterocycles. The molecule has 0 bridgehead atoms. The van der Waals surface area contributed by atoms with E-state index in [4.69, 9.17) is 0 Å². The van der Waals surface area contributed by atoms with Crippen molar-refractivity contribution in [1.82, 2.24) is 0 Å². The summed E-state index contributed by atoms with van der Waals surface area (Å²) in [6.45, 7) is 11.7. The molecule has 0 saturated carbocycles. The lowest BCUT2D eigenvalue weighted by Crippen LogP contribution is -2.23. The maximum atomic E-state index is 2.37. The molecule has 0 fully saturated rings. The Balaban J connectivity index is 2.67. The molecule has 1 aliphatic carbocycles. The Morgan fingerprint density at radius 1 is 1.08 bits per heavy atom. The fraction of sp³-hybridized carbons (Fsp3) is 0.833. The van der Waals surface area contributed by atoms with Crippen molar-refractivity contribution in [3.05, 3.63) is 11.1 Å². The van der Waals surface area contributed by atoms with Crippen LogP contribution < -0.4 is 0 Å². The van der Waals surface area contributed by atoms with Crippen molar-refractivity contribution in [2.45, 2.75) is 53.9 Å². The van der Waals surface area contributed by atoms with Gasteiger partial charge in [-0.2, -0.15) is 0 Å². The van der Waals surface area contributed by atoms with Gasteiger partial charge in [-0.1, -0.05) is 31.9 Å². The van der Waals surface area contributed by atoms with Gasteiger partial charge in [0.05, 0.1) is 0 Å². The molecule has 0 N–H and O–H groups in total. The summed E-state index contributed by atoms with van der Waals surface area (Å²) in [6, 6.07) is 0. The van der Waals surface area contributed by atoms with Crippen LogP contribution in [0.2, 0.25) is 0 Å². The first-order chi connectivity index (χ1) is 5.41. The quantitative estimate of drug-likeness (QED) is 0.474. The van der Waals surface area contributed by atoms with Crippen LogP contribution in [0, 0.1) is 11.3 Å². The number of allylic oxidation sites excluding steroid dienone is 2. The minimum atomic E-state index is 0.502. The van der Waals surface area contributed by atoms with Gasteiger partial charge in [0, 0.05) is 0 Å². The number of rotatable bonds is 0. The second-order valence-corrected chi connectivity index (χ2v) is 5.37. The van der Waals surface area contributed by atoms with Crippen LogP contribution in [0.25, 0.3) is 0 Å². The summed E-state index contributed by atoms with van der Waals surface area (Å²) in [5, 5.41) is 0. The van der Waals surface area contributed by atoms with E-state index in [9.17, 15) is 0 Å². The van der Waals surface area contributed by atoms with Crippen molar-refractivity contribution in [1.29, 1.82) is 0 Å². The van der Waals surface area contributed by atoms with E-state index in [-0.39, 0.29) is 0 Å². The number of hydrogen-bond acceptors (Lipinski definition) is 0. The predicted octanol–water partition coefficient (Wildman–Crippen LogP) is 4.17. The molecule has 0 heterocycles. The van der Waals surface area contributed by atoms with Gasteiger partial charge >= 0.3 is 0 Å². The van der Waals surface area contributed by atoms with Gasteiger partial charge in [0.2, 0.25) is 0 Å². The molecule has 0 nitrogen and oxygen atoms in total. The van der Waals surface area contributed by atoms with Gasteiger partial charge in [0.15, 0.2) is 0 Å². The molecule has 0 radical (unpaired) electrons. The van der Waals surface area contributed by atoms with Gasteiger partial charge in [-0.15, -0.1) is 0 Å². The van der Waals surface area contributed by atoms with Gasteiger partial charge in [-0.3, -0.25) is 0 Å². The maximum Gasteiger partial charge on any atom is -0.0287 e. The summed E-state index contributed by atoms with van der Waals surface area (Å²) in [4.78, 5) is 0. The molecule has 1 atom stereocenters. The second kappa shape index (κ2) is 3.24. The Bertz CT molecular complexity index is 191. The Morgan fingerprint density at radius 3 is 2.08 bits per heavy atom. The highest BCUT2D eigenvalue weighted by atomic mass is 14.3. The minimum absolute atomic E-state index is 0.502. The van der Waals surface area contributed by atoms with Crippen LogP contribution in [0.15, 0.2) is 11.1 Å². The summed E-state index contributed by atoms with van der Waals surface area (Å²) in [6.07, 6.45) is 4.05. The average Bonchev–Trinajstić information content (AvgIpc) is 1.92. The summed E-state index contributed by atoms with van der Waals surface area (Å²) in [5.41, 5.74) is 3.78. The van der Waals surface area contributed by atoms with Crippen LogP contribution in [0.1, 0.15) is 53.9 Å². The topological polar surface area (TPSA) is 0 Å². The molecule has 0 aromatic heterocycles. The van der Waals surface area contributed by atoms with E-state index >= 15 is 0 Å². The molecule has 0 amide bonds. The summed E-state index contributed by atoms with van der Waals surface area (Å²) < 4.78 is 0. The fourth-order valence-electron chi connectivity index (χ4n) is 1.99. The van der Waals surface area contributed by atoms with Crippen LogP contribution in [0.5, 0.6) is 0 Å². The molecule has 0 spiro atoms. The third-order valence-corrected chi connectivity index (χ3v) is 3.37. The Hall–Kier alpha value is -0.260. The average molecular weight is 166 g/mol. The van der Waals surface area contributed by atoms with E-state index in [2.05, 4.69) is 34.6 Å². The highest BCUT2D eigenvalue weighted by Crippen LogP contribution is 2.39. The Kier molecular flexibility index (Phi) is 2.65. The smallest absolute Gasteiger partial charge is 0.0287 e. The first kappa shape index (κ1) is 9.83. The zero-order valence-corrected chi connectivity index (χ0v) is 9.20. The molecule has 0 aliphatic heterocycles. The highest BCUT2D eigenvalue weighted by molar-refractivity contribution is 5.14. The van der Waals surface area contributed by atoms with Gasteiger partial charge in [-0.05, 0) is 44.4 Å². The van der Waals surface area contributed by atoms with E-state index in [0.29, 0.717) is 5.41 Å². The molecule has 1 rings (SSSR count). The van der Waals surface area contributed by atoms with Gasteiger partial charge < -0.3 is 0 Å². The Labute approximate surface area is 77.1 Å². The van der Waals surface area contributed by atoms with Crippen LogP contribution in [-0.2, 0) is 0 Å². The summed E-state index contributed by atoms with van der Waals surface area (Å²) in [7, 11) is 0. The van der Waals surface area contributed by atoms with Crippen molar-refractivity contribution in [3.8, 4) is 0 Å². The van der Waals surface area contributed by atoms with Gasteiger partial charge in [0.25, 0.3) is 0 Å². The maximum absolute atomic E-state index is 2.37. The van der Waals surface area contributed by atoms with E-state index in [1.165, 1.54) is 19.3 Å². The number of hydrogen-bond donors (Lipinski definition) is 0. The molecule has 1 unspecified atom stereocenters. The summed E-state index contributed by atoms with van der Waals surface area (Å²) in [5.74, 6) is 0.904. The van der Waals surface area contributed by atoms with Crippen molar-refractivity contribution in [3.63, 3.8) is 0 Å². The highest BCUT2D eigenvalue weighted by Gasteiger charge is 2.27. The minimum Gasteiger partial charge on any atom is -0.0744 e. The lowest BCUT2D eigenvalue weighted by Gasteiger charge is -2.34. The van der Waals surface area contributed by atoms with Crippen molar-refractivity contribution < 1.29 is 0 Å². The van der Waals surface area contributed by atoms with Gasteiger partial charge in [-0.25, -0.2) is 0 Å². The van der Waals surface area contributed by atoms with Crippen LogP contribution in [-0.4, -0.2) is 0 Å². The zero-order valence-electron chi connectivity index (χ0n) is 9.20. The molecule has 0 aromatic rings. The third kappa shape index (κ3) is 2.12. The van der Waals surface area contributed by atoms with E-state index in [1.807, 2.05) is 0 Å². The van der Waals surface area contributed by atoms with Crippen molar-refractivity contribution in [2.24, 2.45) is 11.3 Å². The first-order valence-corrected chi connectivity index (χ1v) is 5.06. The van der Waals surface area contributed by atoms with Crippen LogP contribution in [0.3, 0.4) is 0 Å². The first-order valence-electron chi connectivity index (χ1n) is 5.06. The fourth-order valence-corrected chi connectivity index (χ4v) is 1.99. The van der Waals surface area contributed by atoms with Crippen LogP contribution >= 0.6 is 0 Å². The normalized spacial score (nSPS) is 26.2. The van der Waals surface area contributed by atoms with Gasteiger partial charge in [0.1, 0.15) is 0 Å². The molecular formula is C12H22. The molecule has 70 valence electrons. The standard InChI is InChI=1S/C12H22/c1-9-6-7-11(8-10(9)2)12(3,4)5/h11H,6-8H2,1-5H3. The van der Waals surface area contributed by atoms with Crippen molar-refractivity contribution >= 4 is 0 Å².